The van der Waals surface area contributed by atoms with Crippen molar-refractivity contribution in [2.45, 2.75) is 77.0 Å². The minimum atomic E-state index is -0.890. The van der Waals surface area contributed by atoms with E-state index in [9.17, 15) is 14.7 Å². The number of hydrogen-bond donors (Lipinski definition) is 2. The highest BCUT2D eigenvalue weighted by atomic mass is 16.7. The summed E-state index contributed by atoms with van der Waals surface area (Å²) in [5, 5.41) is 12.5. The van der Waals surface area contributed by atoms with E-state index < -0.39 is 36.5 Å². The molecule has 0 aromatic rings. The largest absolute Gasteiger partial charge is 0.455 e. The number of rotatable bonds is 13. The van der Waals surface area contributed by atoms with Crippen LogP contribution in [-0.4, -0.2) is 68.5 Å². The molecule has 1 heterocycles. The summed E-state index contributed by atoms with van der Waals surface area (Å²) in [6.07, 6.45) is 0.260. The van der Waals surface area contributed by atoms with Crippen LogP contribution in [0.4, 0.5) is 0 Å². The molecule has 8 nitrogen and oxygen atoms in total. The molecule has 152 valence electrons. The quantitative estimate of drug-likeness (QED) is 0.365. The van der Waals surface area contributed by atoms with Gasteiger partial charge in [-0.2, -0.15) is 0 Å². The van der Waals surface area contributed by atoms with Crippen molar-refractivity contribution in [2.75, 3.05) is 26.8 Å². The SMILES string of the molecule is CCCCC(=O)O[C@H]1[C@H](OCCNC)OC(CO)[C@H]1OC(=O)CCCC. The Kier molecular flexibility index (Phi) is 11.4. The van der Waals surface area contributed by atoms with Crippen molar-refractivity contribution < 1.29 is 33.6 Å². The molecule has 0 radical (unpaired) electrons. The van der Waals surface area contributed by atoms with Crippen LogP contribution < -0.4 is 5.32 Å². The molecule has 1 fully saturated rings. The Hall–Kier alpha value is -1.22. The molecule has 0 spiro atoms. The fourth-order valence-electron chi connectivity index (χ4n) is 2.58. The molecule has 0 aromatic heterocycles. The number of ether oxygens (including phenoxy) is 4. The summed E-state index contributed by atoms with van der Waals surface area (Å²) in [4.78, 5) is 24.1. The van der Waals surface area contributed by atoms with Gasteiger partial charge in [0.1, 0.15) is 6.10 Å². The summed E-state index contributed by atoms with van der Waals surface area (Å²) in [6, 6.07) is 0. The van der Waals surface area contributed by atoms with E-state index >= 15 is 0 Å². The monoisotopic (exact) mass is 375 g/mol. The zero-order chi connectivity index (χ0) is 19.4. The number of nitrogens with one attached hydrogen (secondary N) is 1. The van der Waals surface area contributed by atoms with Crippen LogP contribution in [0.25, 0.3) is 0 Å². The number of unbranched alkanes of at least 4 members (excludes halogenated alkanes) is 2. The second-order valence-corrected chi connectivity index (χ2v) is 6.32. The van der Waals surface area contributed by atoms with Crippen LogP contribution in [0.1, 0.15) is 52.4 Å². The second-order valence-electron chi connectivity index (χ2n) is 6.32. The van der Waals surface area contributed by atoms with Crippen molar-refractivity contribution in [1.29, 1.82) is 0 Å². The van der Waals surface area contributed by atoms with Crippen molar-refractivity contribution in [3.63, 3.8) is 0 Å². The zero-order valence-electron chi connectivity index (χ0n) is 16.1. The van der Waals surface area contributed by atoms with Crippen LogP contribution in [0.5, 0.6) is 0 Å². The van der Waals surface area contributed by atoms with Crippen molar-refractivity contribution in [2.24, 2.45) is 0 Å². The lowest BCUT2D eigenvalue weighted by Crippen LogP contribution is -2.42. The summed E-state index contributed by atoms with van der Waals surface area (Å²) in [5.74, 6) is -0.791. The van der Waals surface area contributed by atoms with Gasteiger partial charge in [-0.3, -0.25) is 9.59 Å². The van der Waals surface area contributed by atoms with Crippen molar-refractivity contribution in [1.82, 2.24) is 5.32 Å². The lowest BCUT2D eigenvalue weighted by molar-refractivity contribution is -0.190. The Bertz CT molecular complexity index is 418. The van der Waals surface area contributed by atoms with E-state index in [1.165, 1.54) is 0 Å². The molecule has 1 saturated heterocycles. The maximum Gasteiger partial charge on any atom is 0.306 e. The molecule has 8 heteroatoms. The van der Waals surface area contributed by atoms with Crippen LogP contribution in [0.3, 0.4) is 0 Å². The standard InChI is InChI=1S/C18H33NO7/c1-4-6-8-14(21)25-16-13(12-20)24-18(23-11-10-19-3)17(16)26-15(22)9-7-5-2/h13,16-20H,4-12H2,1-3H3/t13?,16-,17-,18-/m1/s1. The van der Waals surface area contributed by atoms with Crippen LogP contribution in [0.15, 0.2) is 0 Å². The lowest BCUT2D eigenvalue weighted by atomic mass is 10.1. The molecule has 4 atom stereocenters. The van der Waals surface area contributed by atoms with Crippen LogP contribution >= 0.6 is 0 Å². The summed E-state index contributed by atoms with van der Waals surface area (Å²) in [7, 11) is 1.79. The van der Waals surface area contributed by atoms with Gasteiger partial charge < -0.3 is 29.4 Å². The van der Waals surface area contributed by atoms with Crippen molar-refractivity contribution >= 4 is 11.9 Å². The van der Waals surface area contributed by atoms with Crippen molar-refractivity contribution in [3.05, 3.63) is 0 Å². The molecule has 0 saturated carbocycles. The van der Waals surface area contributed by atoms with Crippen molar-refractivity contribution in [3.8, 4) is 0 Å². The first-order valence-electron chi connectivity index (χ1n) is 9.48. The molecule has 0 amide bonds. The normalized spacial score (nSPS) is 25.2. The zero-order valence-corrected chi connectivity index (χ0v) is 16.1. The summed E-state index contributed by atoms with van der Waals surface area (Å²) >= 11 is 0. The number of esters is 2. The molecule has 1 rings (SSSR count). The molecule has 0 bridgehead atoms. The highest BCUT2D eigenvalue weighted by molar-refractivity contribution is 5.70. The highest BCUT2D eigenvalue weighted by Gasteiger charge is 2.50. The van der Waals surface area contributed by atoms with Gasteiger partial charge in [0.25, 0.3) is 0 Å². The molecule has 1 aliphatic rings. The third-order valence-electron chi connectivity index (χ3n) is 4.09. The lowest BCUT2D eigenvalue weighted by Gasteiger charge is -2.24. The topological polar surface area (TPSA) is 103 Å². The number of aliphatic hydroxyl groups is 1. The average Bonchev–Trinajstić information content (AvgIpc) is 2.95. The van der Waals surface area contributed by atoms with Gasteiger partial charge in [-0.15, -0.1) is 0 Å². The highest BCUT2D eigenvalue weighted by Crippen LogP contribution is 2.28. The first-order valence-corrected chi connectivity index (χ1v) is 9.48. The minimum Gasteiger partial charge on any atom is -0.455 e. The van der Waals surface area contributed by atoms with Gasteiger partial charge in [0.2, 0.25) is 0 Å². The molecule has 1 aliphatic heterocycles. The predicted molar refractivity (Wildman–Crippen MR) is 94.4 cm³/mol. The van der Waals surface area contributed by atoms with Gasteiger partial charge in [0, 0.05) is 19.4 Å². The fourth-order valence-corrected chi connectivity index (χ4v) is 2.58. The Morgan fingerprint density at radius 3 is 2.12 bits per heavy atom. The fraction of sp³-hybridized carbons (Fsp3) is 0.889. The number of likely N-dealkylation sites (N-methyl/N-ethyl adjacent to an activating group) is 1. The van der Waals surface area contributed by atoms with E-state index in [4.69, 9.17) is 18.9 Å². The van der Waals surface area contributed by atoms with Gasteiger partial charge in [0.05, 0.1) is 13.2 Å². The number of hydrogen-bond acceptors (Lipinski definition) is 8. The second kappa shape index (κ2) is 13.0. The van der Waals surface area contributed by atoms with E-state index in [0.717, 1.165) is 12.8 Å². The molecule has 2 N–H and O–H groups in total. The Morgan fingerprint density at radius 1 is 1.04 bits per heavy atom. The van der Waals surface area contributed by atoms with Crippen LogP contribution in [0, 0.1) is 0 Å². The molecular formula is C18H33NO7. The van der Waals surface area contributed by atoms with Gasteiger partial charge >= 0.3 is 11.9 Å². The third-order valence-corrected chi connectivity index (χ3v) is 4.09. The minimum absolute atomic E-state index is 0.271. The first-order chi connectivity index (χ1) is 12.6. The molecule has 0 aromatic carbocycles. The smallest absolute Gasteiger partial charge is 0.306 e. The number of carbonyl (C=O) groups excluding carboxylic acids is 2. The Balaban J connectivity index is 2.80. The molecule has 26 heavy (non-hydrogen) atoms. The maximum atomic E-state index is 12.1. The number of aliphatic hydroxyl groups excluding tert-OH is 1. The van der Waals surface area contributed by atoms with E-state index in [0.29, 0.717) is 26.0 Å². The summed E-state index contributed by atoms with van der Waals surface area (Å²) < 4.78 is 22.2. The average molecular weight is 375 g/mol. The first kappa shape index (κ1) is 22.8. The van der Waals surface area contributed by atoms with E-state index in [-0.39, 0.29) is 19.4 Å². The van der Waals surface area contributed by atoms with Gasteiger partial charge in [-0.1, -0.05) is 26.7 Å². The van der Waals surface area contributed by atoms with E-state index in [1.54, 1.807) is 7.05 Å². The van der Waals surface area contributed by atoms with E-state index in [2.05, 4.69) is 5.32 Å². The summed E-state index contributed by atoms with van der Waals surface area (Å²) in [6.45, 7) is 4.52. The van der Waals surface area contributed by atoms with E-state index in [1.807, 2.05) is 13.8 Å². The van der Waals surface area contributed by atoms with Gasteiger partial charge in [-0.25, -0.2) is 0 Å². The van der Waals surface area contributed by atoms with Gasteiger partial charge in [-0.05, 0) is 19.9 Å². The predicted octanol–water partition coefficient (Wildman–Crippen LogP) is 1.14. The van der Waals surface area contributed by atoms with Crippen LogP contribution in [-0.2, 0) is 28.5 Å². The number of carbonyl (C=O) groups is 2. The summed E-state index contributed by atoms with van der Waals surface area (Å²) in [5.41, 5.74) is 0. The Labute approximate surface area is 155 Å². The third kappa shape index (κ3) is 7.57. The Morgan fingerprint density at radius 2 is 1.62 bits per heavy atom. The molecule has 0 aliphatic carbocycles. The molecule has 1 unspecified atom stereocenters. The maximum absolute atomic E-state index is 12.1. The van der Waals surface area contributed by atoms with Crippen LogP contribution in [0.2, 0.25) is 0 Å². The van der Waals surface area contributed by atoms with Gasteiger partial charge in [0.15, 0.2) is 18.5 Å². The molecular weight excluding hydrogens is 342 g/mol.